The van der Waals surface area contributed by atoms with Crippen LogP contribution in [-0.4, -0.2) is 34.1 Å². The van der Waals surface area contributed by atoms with Crippen LogP contribution in [0.2, 0.25) is 0 Å². The third-order valence-electron chi connectivity index (χ3n) is 3.10. The molecule has 0 aliphatic heterocycles. The molecule has 0 aliphatic rings. The molecule has 2 N–H and O–H groups in total. The fraction of sp³-hybridized carbons (Fsp3) is 0.800. The van der Waals surface area contributed by atoms with E-state index in [2.05, 4.69) is 39.4 Å². The highest BCUT2D eigenvalue weighted by molar-refractivity contribution is 5.36. The minimum Gasteiger partial charge on any atom is -0.464 e. The highest BCUT2D eigenvalue weighted by atomic mass is 16.5. The Morgan fingerprint density at radius 1 is 0.952 bits per heavy atom. The minimum absolute atomic E-state index is 0.372. The fourth-order valence-corrected chi connectivity index (χ4v) is 2.12. The van der Waals surface area contributed by atoms with Gasteiger partial charge < -0.3 is 15.4 Å². The summed E-state index contributed by atoms with van der Waals surface area (Å²) in [5, 5.41) is 6.54. The van der Waals surface area contributed by atoms with Crippen molar-refractivity contribution in [2.45, 2.75) is 65.8 Å². The Morgan fingerprint density at radius 3 is 2.33 bits per heavy atom. The number of nitrogens with zero attached hydrogens (tertiary/aromatic N) is 3. The van der Waals surface area contributed by atoms with Crippen molar-refractivity contribution < 1.29 is 4.74 Å². The molecule has 0 saturated heterocycles. The van der Waals surface area contributed by atoms with Crippen molar-refractivity contribution in [3.05, 3.63) is 0 Å². The Hall–Kier alpha value is -1.59. The number of unbranched alkanes of at least 4 members (excludes halogenated alkanes) is 1. The molecule has 0 aromatic carbocycles. The molecule has 6 heteroatoms. The summed E-state index contributed by atoms with van der Waals surface area (Å²) < 4.78 is 5.41. The zero-order valence-electron chi connectivity index (χ0n) is 13.8. The van der Waals surface area contributed by atoms with Gasteiger partial charge in [-0.1, -0.05) is 33.1 Å². The van der Waals surface area contributed by atoms with Crippen LogP contribution in [0.25, 0.3) is 0 Å². The van der Waals surface area contributed by atoms with Crippen molar-refractivity contribution in [1.82, 2.24) is 15.0 Å². The van der Waals surface area contributed by atoms with Gasteiger partial charge in [0.25, 0.3) is 0 Å². The Morgan fingerprint density at radius 2 is 1.71 bits per heavy atom. The number of hydrogen-bond acceptors (Lipinski definition) is 6. The molecule has 21 heavy (non-hydrogen) atoms. The van der Waals surface area contributed by atoms with Crippen LogP contribution < -0.4 is 15.4 Å². The average Bonchev–Trinajstić information content (AvgIpc) is 2.45. The molecule has 0 bridgehead atoms. The van der Waals surface area contributed by atoms with E-state index in [1.54, 1.807) is 0 Å². The molecule has 1 aromatic heterocycles. The van der Waals surface area contributed by atoms with Crippen LogP contribution in [0.1, 0.15) is 59.8 Å². The van der Waals surface area contributed by atoms with E-state index in [0.717, 1.165) is 25.8 Å². The Kier molecular flexibility index (Phi) is 8.47. The van der Waals surface area contributed by atoms with Gasteiger partial charge in [-0.2, -0.15) is 15.0 Å². The maximum Gasteiger partial charge on any atom is 0.323 e. The first-order valence-electron chi connectivity index (χ1n) is 8.12. The first-order chi connectivity index (χ1) is 10.2. The largest absolute Gasteiger partial charge is 0.464 e. The first kappa shape index (κ1) is 17.5. The lowest BCUT2D eigenvalue weighted by molar-refractivity contribution is 0.312. The van der Waals surface area contributed by atoms with Gasteiger partial charge in [-0.25, -0.2) is 0 Å². The number of ether oxygens (including phenoxy) is 1. The van der Waals surface area contributed by atoms with Crippen molar-refractivity contribution in [3.63, 3.8) is 0 Å². The number of rotatable bonds is 11. The van der Waals surface area contributed by atoms with E-state index in [1.807, 2.05) is 13.8 Å². The van der Waals surface area contributed by atoms with Gasteiger partial charge in [-0.05, 0) is 26.7 Å². The minimum atomic E-state index is 0.372. The summed E-state index contributed by atoms with van der Waals surface area (Å²) in [5.74, 6) is 1.16. The molecule has 0 amide bonds. The fourth-order valence-electron chi connectivity index (χ4n) is 2.12. The third kappa shape index (κ3) is 6.60. The van der Waals surface area contributed by atoms with E-state index in [4.69, 9.17) is 4.74 Å². The van der Waals surface area contributed by atoms with E-state index >= 15 is 0 Å². The third-order valence-corrected chi connectivity index (χ3v) is 3.10. The molecule has 0 fully saturated rings. The molecule has 1 unspecified atom stereocenters. The lowest BCUT2D eigenvalue weighted by Gasteiger charge is -2.18. The molecular formula is C15H29N5O. The Balaban J connectivity index is 2.81. The summed E-state index contributed by atoms with van der Waals surface area (Å²) in [7, 11) is 0. The summed E-state index contributed by atoms with van der Waals surface area (Å²) >= 11 is 0. The van der Waals surface area contributed by atoms with Gasteiger partial charge in [-0.15, -0.1) is 0 Å². The van der Waals surface area contributed by atoms with Gasteiger partial charge >= 0.3 is 6.01 Å². The smallest absolute Gasteiger partial charge is 0.323 e. The monoisotopic (exact) mass is 295 g/mol. The van der Waals surface area contributed by atoms with Gasteiger partial charge in [0.1, 0.15) is 0 Å². The standard InChI is InChI=1S/C15H29N5O/c1-5-9-11-12(10-6-2)17-14-18-13(16-7-3)19-15(20-14)21-8-4/h12H,5-11H2,1-4H3,(H2,16,17,18,19,20). The van der Waals surface area contributed by atoms with Crippen LogP contribution in [0.15, 0.2) is 0 Å². The lowest BCUT2D eigenvalue weighted by atomic mass is 10.1. The SMILES string of the molecule is CCCCC(CCC)Nc1nc(NCC)nc(OCC)n1. The quantitative estimate of drug-likeness (QED) is 0.651. The van der Waals surface area contributed by atoms with Gasteiger partial charge in [0.2, 0.25) is 11.9 Å². The number of aromatic nitrogens is 3. The zero-order chi connectivity index (χ0) is 15.5. The lowest BCUT2D eigenvalue weighted by Crippen LogP contribution is -2.21. The normalized spacial score (nSPS) is 12.0. The molecule has 1 atom stereocenters. The van der Waals surface area contributed by atoms with E-state index in [-0.39, 0.29) is 0 Å². The highest BCUT2D eigenvalue weighted by Crippen LogP contribution is 2.16. The van der Waals surface area contributed by atoms with Crippen LogP contribution in [0.5, 0.6) is 6.01 Å². The highest BCUT2D eigenvalue weighted by Gasteiger charge is 2.12. The Labute approximate surface area is 128 Å². The molecule has 1 aromatic rings. The van der Waals surface area contributed by atoms with Gasteiger partial charge in [0, 0.05) is 12.6 Å². The molecule has 120 valence electrons. The molecule has 0 aliphatic carbocycles. The van der Waals surface area contributed by atoms with E-state index in [9.17, 15) is 0 Å². The molecule has 0 spiro atoms. The second-order valence-electron chi connectivity index (χ2n) is 5.00. The van der Waals surface area contributed by atoms with Crippen LogP contribution in [0.3, 0.4) is 0 Å². The Bertz CT molecular complexity index is 375. The predicted molar refractivity (Wildman–Crippen MR) is 87.0 cm³/mol. The van der Waals surface area contributed by atoms with Gasteiger partial charge in [0.15, 0.2) is 0 Å². The first-order valence-corrected chi connectivity index (χ1v) is 8.12. The molecule has 1 heterocycles. The van der Waals surface area contributed by atoms with E-state index < -0.39 is 0 Å². The maximum absolute atomic E-state index is 5.41. The van der Waals surface area contributed by atoms with E-state index in [0.29, 0.717) is 30.6 Å². The zero-order valence-corrected chi connectivity index (χ0v) is 13.8. The van der Waals surface area contributed by atoms with Crippen LogP contribution >= 0.6 is 0 Å². The molecular weight excluding hydrogens is 266 g/mol. The second-order valence-corrected chi connectivity index (χ2v) is 5.00. The number of hydrogen-bond donors (Lipinski definition) is 2. The maximum atomic E-state index is 5.41. The van der Waals surface area contributed by atoms with E-state index in [1.165, 1.54) is 12.8 Å². The summed E-state index contributed by atoms with van der Waals surface area (Å²) in [6, 6.07) is 0.776. The second kappa shape index (κ2) is 10.2. The molecule has 0 saturated carbocycles. The predicted octanol–water partition coefficient (Wildman–Crippen LogP) is 3.47. The number of anilines is 2. The summed E-state index contributed by atoms with van der Waals surface area (Å²) in [6.07, 6.45) is 5.81. The van der Waals surface area contributed by atoms with Crippen molar-refractivity contribution in [2.24, 2.45) is 0 Å². The van der Waals surface area contributed by atoms with Crippen molar-refractivity contribution in [1.29, 1.82) is 0 Å². The average molecular weight is 295 g/mol. The number of nitrogens with one attached hydrogen (secondary N) is 2. The topological polar surface area (TPSA) is 72.0 Å². The van der Waals surface area contributed by atoms with Crippen molar-refractivity contribution in [3.8, 4) is 6.01 Å². The van der Waals surface area contributed by atoms with Crippen molar-refractivity contribution in [2.75, 3.05) is 23.8 Å². The molecule has 6 nitrogen and oxygen atoms in total. The van der Waals surface area contributed by atoms with Gasteiger partial charge in [0.05, 0.1) is 6.61 Å². The molecule has 0 radical (unpaired) electrons. The summed E-state index contributed by atoms with van der Waals surface area (Å²) in [6.45, 7) is 9.65. The van der Waals surface area contributed by atoms with Crippen molar-refractivity contribution >= 4 is 11.9 Å². The summed E-state index contributed by atoms with van der Waals surface area (Å²) in [5.41, 5.74) is 0. The van der Waals surface area contributed by atoms with Gasteiger partial charge in [-0.3, -0.25) is 0 Å². The van der Waals surface area contributed by atoms with Crippen LogP contribution in [0, 0.1) is 0 Å². The van der Waals surface area contributed by atoms with Crippen LogP contribution in [-0.2, 0) is 0 Å². The van der Waals surface area contributed by atoms with Crippen LogP contribution in [0.4, 0.5) is 11.9 Å². The molecule has 1 rings (SSSR count). The summed E-state index contributed by atoms with van der Waals surface area (Å²) in [4.78, 5) is 13.0.